The first-order valence-corrected chi connectivity index (χ1v) is 19.1. The number of carboxylic acid groups (broad SMARTS) is 1. The summed E-state index contributed by atoms with van der Waals surface area (Å²) >= 11 is 6.97. The quantitative estimate of drug-likeness (QED) is 0.168. The Kier molecular flexibility index (Phi) is 7.95. The normalized spacial score (nSPS) is 23.4. The molecule has 294 valence electrons. The summed E-state index contributed by atoms with van der Waals surface area (Å²) in [5.41, 5.74) is 3.30. The molecule has 56 heavy (non-hydrogen) atoms. The number of anilines is 2. The molecule has 8 rings (SSSR count). The number of aromatic nitrogens is 4. The van der Waals surface area contributed by atoms with Gasteiger partial charge in [0.15, 0.2) is 11.6 Å². The number of imidazole rings is 2. The molecule has 0 saturated heterocycles. The highest BCUT2D eigenvalue weighted by molar-refractivity contribution is 6.36. The number of benzene rings is 2. The van der Waals surface area contributed by atoms with Crippen LogP contribution < -0.4 is 10.6 Å². The van der Waals surface area contributed by atoms with Gasteiger partial charge in [0.25, 0.3) is 11.8 Å². The van der Waals surface area contributed by atoms with Crippen molar-refractivity contribution in [3.63, 3.8) is 0 Å². The number of methoxy groups -OCH3 is 1. The molecule has 0 unspecified atom stereocenters. The SMILES string of the molecule is [2H]C([2H])([2H])n1c(C(=O)Nc2cccc(-c3cccc(NC(=O)c4nc5c(n4C([2H])([2H])[2H])CCN(CCC46CCC(C(=O)OC)(CC4)C6)C5)c3Cl)c2C)nc2c1CCN(C(=O)O)C2. The van der Waals surface area contributed by atoms with Gasteiger partial charge in [-0.25, -0.2) is 14.8 Å². The van der Waals surface area contributed by atoms with Crippen molar-refractivity contribution in [3.05, 3.63) is 81.4 Å². The maximum atomic E-state index is 14.0. The van der Waals surface area contributed by atoms with Gasteiger partial charge in [-0.1, -0.05) is 35.9 Å². The molecule has 2 bridgehead atoms. The van der Waals surface area contributed by atoms with E-state index < -0.39 is 31.9 Å². The number of carbonyl (C=O) groups is 4. The summed E-state index contributed by atoms with van der Waals surface area (Å²) in [6, 6.07) is 10.0. The van der Waals surface area contributed by atoms with Crippen LogP contribution in [0.5, 0.6) is 0 Å². The lowest BCUT2D eigenvalue weighted by atomic mass is 9.80. The molecule has 0 spiro atoms. The lowest BCUT2D eigenvalue weighted by Crippen LogP contribution is -2.35. The third-order valence-electron chi connectivity index (χ3n) is 12.5. The van der Waals surface area contributed by atoms with Gasteiger partial charge in [-0.15, -0.1) is 0 Å². The summed E-state index contributed by atoms with van der Waals surface area (Å²) in [4.78, 5) is 64.1. The molecule has 2 aromatic carbocycles. The number of amides is 3. The van der Waals surface area contributed by atoms with Crippen LogP contribution in [0.1, 0.15) is 96.3 Å². The number of rotatable bonds is 9. The number of fused-ring (bicyclic) bond motifs is 4. The lowest BCUT2D eigenvalue weighted by Gasteiger charge is -2.32. The Morgan fingerprint density at radius 1 is 0.875 bits per heavy atom. The molecule has 14 nitrogen and oxygen atoms in total. The third-order valence-corrected chi connectivity index (χ3v) is 12.9. The largest absolute Gasteiger partial charge is 0.469 e. The molecular weight excluding hydrogens is 736 g/mol. The fourth-order valence-electron chi connectivity index (χ4n) is 9.29. The van der Waals surface area contributed by atoms with Crippen molar-refractivity contribution >= 4 is 46.9 Å². The maximum absolute atomic E-state index is 14.0. The Bertz CT molecular complexity index is 2490. The van der Waals surface area contributed by atoms with Gasteiger partial charge in [0.05, 0.1) is 41.2 Å². The number of ether oxygens (including phenoxy) is 1. The van der Waals surface area contributed by atoms with Crippen molar-refractivity contribution in [1.82, 2.24) is 28.9 Å². The van der Waals surface area contributed by atoms with Gasteiger partial charge in [0, 0.05) is 77.3 Å². The molecule has 3 N–H and O–H groups in total. The number of hydrogen-bond acceptors (Lipinski definition) is 8. The van der Waals surface area contributed by atoms with Crippen LogP contribution in [0.15, 0.2) is 36.4 Å². The third kappa shape index (κ3) is 6.51. The standard InChI is InChI=1S/C41H47ClN8O6/c1-24-25(7-5-9-27(24)45-36(51)34-44-30-22-50(39(54)55)19-12-32(30)48(34)3)26-8-6-10-28(33(26)42)46-37(52)35-43-29-21-49(18-11-31(29)47(35)2)20-17-40-13-15-41(23-40,16-14-40)38(53)56-4/h5-10H,11-23H2,1-4H3,(H,45,51)(H,46,52)(H,54,55)/i2D3,3D3. The topological polar surface area (TPSA) is 164 Å². The van der Waals surface area contributed by atoms with Gasteiger partial charge in [0.1, 0.15) is 0 Å². The van der Waals surface area contributed by atoms with Crippen LogP contribution in [0.3, 0.4) is 0 Å². The van der Waals surface area contributed by atoms with Gasteiger partial charge in [-0.2, -0.15) is 0 Å². The second-order valence-electron chi connectivity index (χ2n) is 15.6. The summed E-state index contributed by atoms with van der Waals surface area (Å²) in [6.45, 7) is -2.09. The van der Waals surface area contributed by atoms with Crippen LogP contribution >= 0.6 is 11.6 Å². The molecule has 2 aliphatic heterocycles. The Hall–Kier alpha value is -5.21. The summed E-state index contributed by atoms with van der Waals surface area (Å²) in [7, 11) is 1.45. The average Bonchev–Trinajstić information content (AvgIpc) is 4.00. The predicted octanol–water partition coefficient (Wildman–Crippen LogP) is 6.19. The minimum absolute atomic E-state index is 0.0553. The van der Waals surface area contributed by atoms with Crippen LogP contribution in [-0.4, -0.2) is 84.6 Å². The summed E-state index contributed by atoms with van der Waals surface area (Å²) in [5.74, 6) is -2.33. The van der Waals surface area contributed by atoms with E-state index in [-0.39, 0.29) is 70.1 Å². The molecule has 3 amide bonds. The van der Waals surface area contributed by atoms with Crippen molar-refractivity contribution in [2.45, 2.75) is 71.4 Å². The highest BCUT2D eigenvalue weighted by Crippen LogP contribution is 2.63. The second-order valence-corrected chi connectivity index (χ2v) is 15.9. The van der Waals surface area contributed by atoms with E-state index >= 15 is 0 Å². The van der Waals surface area contributed by atoms with Crippen molar-refractivity contribution < 1.29 is 37.2 Å². The zero-order chi connectivity index (χ0) is 44.5. The molecule has 2 fully saturated rings. The van der Waals surface area contributed by atoms with Gasteiger partial charge in [-0.3, -0.25) is 19.3 Å². The monoisotopic (exact) mass is 788 g/mol. The predicted molar refractivity (Wildman–Crippen MR) is 210 cm³/mol. The zero-order valence-electron chi connectivity index (χ0n) is 37.2. The summed E-state index contributed by atoms with van der Waals surface area (Å²) in [5, 5.41) is 15.2. The van der Waals surface area contributed by atoms with Gasteiger partial charge in [0.2, 0.25) is 0 Å². The molecule has 2 aromatic heterocycles. The van der Waals surface area contributed by atoms with Crippen LogP contribution in [-0.2, 0) is 49.4 Å². The van der Waals surface area contributed by atoms with E-state index in [9.17, 15) is 24.3 Å². The van der Waals surface area contributed by atoms with Crippen molar-refractivity contribution in [1.29, 1.82) is 0 Å². The number of halogens is 1. The Labute approximate surface area is 338 Å². The first kappa shape index (κ1) is 30.9. The number of hydrogen-bond donors (Lipinski definition) is 3. The smallest absolute Gasteiger partial charge is 0.407 e. The maximum Gasteiger partial charge on any atom is 0.407 e. The van der Waals surface area contributed by atoms with Gasteiger partial charge < -0.3 is 34.5 Å². The molecule has 0 radical (unpaired) electrons. The van der Waals surface area contributed by atoms with E-state index in [0.717, 1.165) is 59.1 Å². The van der Waals surface area contributed by atoms with E-state index in [1.165, 1.54) is 7.11 Å². The first-order valence-electron chi connectivity index (χ1n) is 21.8. The van der Waals surface area contributed by atoms with E-state index in [1.807, 2.05) is 0 Å². The Morgan fingerprint density at radius 3 is 2.12 bits per heavy atom. The average molecular weight is 789 g/mol. The minimum Gasteiger partial charge on any atom is -0.469 e. The highest BCUT2D eigenvalue weighted by atomic mass is 35.5. The zero-order valence-corrected chi connectivity index (χ0v) is 32.0. The van der Waals surface area contributed by atoms with Crippen molar-refractivity contribution in [3.8, 4) is 11.1 Å². The molecule has 2 aliphatic carbocycles. The number of nitrogens with zero attached hydrogens (tertiary/aromatic N) is 6. The molecule has 2 saturated carbocycles. The minimum atomic E-state index is -2.76. The van der Waals surface area contributed by atoms with E-state index in [4.69, 9.17) is 24.6 Å². The fraction of sp³-hybridized carbons (Fsp3) is 0.463. The Morgan fingerprint density at radius 2 is 1.48 bits per heavy atom. The molecule has 4 aromatic rings. The van der Waals surface area contributed by atoms with Crippen molar-refractivity contribution in [2.75, 3.05) is 37.4 Å². The van der Waals surface area contributed by atoms with Crippen LogP contribution in [0, 0.1) is 17.8 Å². The fourth-order valence-corrected chi connectivity index (χ4v) is 9.57. The summed E-state index contributed by atoms with van der Waals surface area (Å²) < 4.78 is 56.5. The number of esters is 1. The van der Waals surface area contributed by atoms with E-state index in [0.29, 0.717) is 53.3 Å². The highest BCUT2D eigenvalue weighted by Gasteiger charge is 2.58. The van der Waals surface area contributed by atoms with Gasteiger partial charge in [-0.05, 0) is 80.7 Å². The second kappa shape index (κ2) is 14.4. The van der Waals surface area contributed by atoms with E-state index in [1.54, 1.807) is 43.3 Å². The molecule has 15 heteroatoms. The van der Waals surface area contributed by atoms with Crippen LogP contribution in [0.25, 0.3) is 11.1 Å². The Balaban J connectivity index is 0.999. The molecule has 4 aliphatic rings. The number of nitrogens with one attached hydrogen (secondary N) is 2. The van der Waals surface area contributed by atoms with Crippen LogP contribution in [0.4, 0.5) is 16.2 Å². The molecule has 0 atom stereocenters. The summed E-state index contributed by atoms with van der Waals surface area (Å²) in [6.07, 6.45) is 4.65. The number of carbonyl (C=O) groups excluding carboxylic acids is 3. The molecule has 4 heterocycles. The van der Waals surface area contributed by atoms with E-state index in [2.05, 4.69) is 25.5 Å². The van der Waals surface area contributed by atoms with Crippen LogP contribution in [0.2, 0.25) is 5.02 Å². The first-order chi connectivity index (χ1) is 29.2. The van der Waals surface area contributed by atoms with Crippen molar-refractivity contribution in [2.24, 2.45) is 24.8 Å². The van der Waals surface area contributed by atoms with Gasteiger partial charge >= 0.3 is 12.1 Å². The molecular formula is C41H47ClN8O6. The lowest BCUT2D eigenvalue weighted by molar-refractivity contribution is -0.152.